The summed E-state index contributed by atoms with van der Waals surface area (Å²) in [4.78, 5) is 25.8. The van der Waals surface area contributed by atoms with Crippen LogP contribution in [0.3, 0.4) is 0 Å². The third-order valence-electron chi connectivity index (χ3n) is 8.16. The van der Waals surface area contributed by atoms with Crippen LogP contribution in [0.5, 0.6) is 5.75 Å². The number of nitrogens with zero attached hydrogens (tertiary/aromatic N) is 4. The number of rotatable bonds is 10. The minimum atomic E-state index is -0.336. The molecule has 0 spiro atoms. The van der Waals surface area contributed by atoms with Gasteiger partial charge in [-0.05, 0) is 72.0 Å². The molecular weight excluding hydrogens is 578 g/mol. The molecule has 0 unspecified atom stereocenters. The highest BCUT2D eigenvalue weighted by molar-refractivity contribution is 6.30. The maximum Gasteiger partial charge on any atom is 0.337 e. The van der Waals surface area contributed by atoms with Crippen LogP contribution in [0.2, 0.25) is 5.02 Å². The number of hydrogen-bond acceptors (Lipinski definition) is 9. The SMILES string of the molecule is COC(=O)c1ccc(COCCN2CCN(c3nc(N)nc4c3CCc3cc(OCc5ccc(Cl)cc5)ccc3-4)CC2)cc1. The molecule has 2 heterocycles. The summed E-state index contributed by atoms with van der Waals surface area (Å²) in [5.41, 5.74) is 13.3. The van der Waals surface area contributed by atoms with E-state index in [9.17, 15) is 4.79 Å². The summed E-state index contributed by atoms with van der Waals surface area (Å²) in [5, 5.41) is 0.715. The highest BCUT2D eigenvalue weighted by Crippen LogP contribution is 2.38. The lowest BCUT2D eigenvalue weighted by atomic mass is 9.88. The Hall–Kier alpha value is -4.18. The molecule has 2 N–H and O–H groups in total. The monoisotopic (exact) mass is 613 g/mol. The maximum atomic E-state index is 11.6. The summed E-state index contributed by atoms with van der Waals surface area (Å²) in [6, 6.07) is 21.2. The normalized spacial score (nSPS) is 14.5. The number of methoxy groups -OCH3 is 1. The number of aryl methyl sites for hydroxylation is 1. The number of ether oxygens (including phenoxy) is 3. The Labute approximate surface area is 262 Å². The summed E-state index contributed by atoms with van der Waals surface area (Å²) in [6.45, 7) is 6.04. The van der Waals surface area contributed by atoms with Crippen molar-refractivity contribution in [3.63, 3.8) is 0 Å². The number of halogens is 1. The highest BCUT2D eigenvalue weighted by atomic mass is 35.5. The van der Waals surface area contributed by atoms with E-state index < -0.39 is 0 Å². The van der Waals surface area contributed by atoms with Crippen molar-refractivity contribution in [3.8, 4) is 17.0 Å². The number of carbonyl (C=O) groups excluding carboxylic acids is 1. The van der Waals surface area contributed by atoms with E-state index in [0.29, 0.717) is 36.4 Å². The van der Waals surface area contributed by atoms with E-state index in [0.717, 1.165) is 85.1 Å². The largest absolute Gasteiger partial charge is 0.489 e. The molecule has 1 fully saturated rings. The Kier molecular flexibility index (Phi) is 9.26. The van der Waals surface area contributed by atoms with Crippen molar-refractivity contribution in [3.05, 3.63) is 99.6 Å². The predicted octanol–water partition coefficient (Wildman–Crippen LogP) is 5.18. The number of fused-ring (bicyclic) bond motifs is 3. The quantitative estimate of drug-likeness (QED) is 0.191. The first-order chi connectivity index (χ1) is 21.5. The fraction of sp³-hybridized carbons (Fsp3) is 0.324. The van der Waals surface area contributed by atoms with Gasteiger partial charge in [-0.1, -0.05) is 35.9 Å². The smallest absolute Gasteiger partial charge is 0.337 e. The molecule has 228 valence electrons. The first kappa shape index (κ1) is 29.9. The van der Waals surface area contributed by atoms with E-state index in [2.05, 4.69) is 26.9 Å². The predicted molar refractivity (Wildman–Crippen MR) is 171 cm³/mol. The third-order valence-corrected chi connectivity index (χ3v) is 8.42. The lowest BCUT2D eigenvalue weighted by molar-refractivity contribution is 0.0600. The van der Waals surface area contributed by atoms with E-state index in [1.807, 2.05) is 42.5 Å². The van der Waals surface area contributed by atoms with Crippen LogP contribution in [-0.2, 0) is 35.5 Å². The Morgan fingerprint density at radius 3 is 2.39 bits per heavy atom. The lowest BCUT2D eigenvalue weighted by Gasteiger charge is -2.37. The van der Waals surface area contributed by atoms with Crippen molar-refractivity contribution in [2.24, 2.45) is 0 Å². The molecular formula is C34H36ClN5O4. The Balaban J connectivity index is 1.03. The van der Waals surface area contributed by atoms with Crippen molar-refractivity contribution in [1.82, 2.24) is 14.9 Å². The van der Waals surface area contributed by atoms with Crippen molar-refractivity contribution in [1.29, 1.82) is 0 Å². The minimum Gasteiger partial charge on any atom is -0.489 e. The molecule has 1 aromatic heterocycles. The molecule has 1 aliphatic carbocycles. The van der Waals surface area contributed by atoms with Crippen LogP contribution in [0.1, 0.15) is 32.6 Å². The number of piperazine rings is 1. The zero-order valence-corrected chi connectivity index (χ0v) is 25.6. The standard InChI is InChI=1S/C34H36ClN5O4/c1-42-33(41)25-6-2-23(3-7-25)21-43-19-18-39-14-16-40(17-15-39)32-30-12-8-26-20-28(44-22-24-4-9-27(35)10-5-24)11-13-29(26)31(30)37-34(36)38-32/h2-7,9-11,13,20H,8,12,14-19,21-22H2,1H3,(H2,36,37,38). The molecule has 10 heteroatoms. The molecule has 0 saturated carbocycles. The van der Waals surface area contributed by atoms with Gasteiger partial charge in [0, 0.05) is 48.9 Å². The fourth-order valence-electron chi connectivity index (χ4n) is 5.73. The number of hydrogen-bond donors (Lipinski definition) is 1. The second-order valence-electron chi connectivity index (χ2n) is 11.0. The molecule has 1 saturated heterocycles. The molecule has 0 bridgehead atoms. The Morgan fingerprint density at radius 1 is 0.909 bits per heavy atom. The van der Waals surface area contributed by atoms with Crippen molar-refractivity contribution < 1.29 is 19.0 Å². The van der Waals surface area contributed by atoms with Crippen LogP contribution in [0.4, 0.5) is 11.8 Å². The summed E-state index contributed by atoms with van der Waals surface area (Å²) in [7, 11) is 1.38. The van der Waals surface area contributed by atoms with E-state index >= 15 is 0 Å². The van der Waals surface area contributed by atoms with Gasteiger partial charge < -0.3 is 24.8 Å². The third kappa shape index (κ3) is 6.96. The van der Waals surface area contributed by atoms with Crippen molar-refractivity contribution in [2.75, 3.05) is 57.1 Å². The fourth-order valence-corrected chi connectivity index (χ4v) is 5.86. The lowest BCUT2D eigenvalue weighted by Crippen LogP contribution is -2.48. The first-order valence-corrected chi connectivity index (χ1v) is 15.2. The second kappa shape index (κ2) is 13.6. The topological polar surface area (TPSA) is 103 Å². The van der Waals surface area contributed by atoms with Crippen LogP contribution < -0.4 is 15.4 Å². The molecule has 44 heavy (non-hydrogen) atoms. The van der Waals surface area contributed by atoms with Gasteiger partial charge in [-0.25, -0.2) is 9.78 Å². The van der Waals surface area contributed by atoms with Crippen molar-refractivity contribution in [2.45, 2.75) is 26.1 Å². The average Bonchev–Trinajstić information content (AvgIpc) is 3.06. The summed E-state index contributed by atoms with van der Waals surface area (Å²) in [5.74, 6) is 1.75. The van der Waals surface area contributed by atoms with Crippen LogP contribution >= 0.6 is 11.6 Å². The number of nitrogen functional groups attached to an aromatic ring is 1. The zero-order chi connectivity index (χ0) is 30.5. The van der Waals surface area contributed by atoms with E-state index in [-0.39, 0.29) is 5.97 Å². The molecule has 6 rings (SSSR count). The molecule has 3 aromatic carbocycles. The van der Waals surface area contributed by atoms with Gasteiger partial charge in [0.1, 0.15) is 18.2 Å². The van der Waals surface area contributed by atoms with Crippen LogP contribution in [0, 0.1) is 0 Å². The number of carbonyl (C=O) groups is 1. The zero-order valence-electron chi connectivity index (χ0n) is 24.8. The van der Waals surface area contributed by atoms with Gasteiger partial charge in [-0.2, -0.15) is 4.98 Å². The van der Waals surface area contributed by atoms with E-state index in [1.165, 1.54) is 12.7 Å². The van der Waals surface area contributed by atoms with Gasteiger partial charge in [0.25, 0.3) is 0 Å². The summed E-state index contributed by atoms with van der Waals surface area (Å²) in [6.07, 6.45) is 1.75. The van der Waals surface area contributed by atoms with Crippen LogP contribution in [0.15, 0.2) is 66.7 Å². The molecule has 0 amide bonds. The van der Waals surface area contributed by atoms with E-state index in [1.54, 1.807) is 12.1 Å². The molecule has 9 nitrogen and oxygen atoms in total. The second-order valence-corrected chi connectivity index (χ2v) is 11.5. The van der Waals surface area contributed by atoms with Gasteiger partial charge in [-0.15, -0.1) is 0 Å². The minimum absolute atomic E-state index is 0.296. The number of nitrogens with two attached hydrogens (primary N) is 1. The highest BCUT2D eigenvalue weighted by Gasteiger charge is 2.27. The molecule has 2 aliphatic rings. The van der Waals surface area contributed by atoms with Crippen LogP contribution in [0.25, 0.3) is 11.3 Å². The van der Waals surface area contributed by atoms with E-state index in [4.69, 9.17) is 36.5 Å². The first-order valence-electron chi connectivity index (χ1n) is 14.9. The van der Waals surface area contributed by atoms with Gasteiger partial charge in [-0.3, -0.25) is 4.90 Å². The number of benzene rings is 3. The number of anilines is 2. The molecule has 4 aromatic rings. The number of esters is 1. The van der Waals surface area contributed by atoms with Gasteiger partial charge in [0.15, 0.2) is 0 Å². The maximum absolute atomic E-state index is 11.6. The van der Waals surface area contributed by atoms with Crippen molar-refractivity contribution >= 4 is 29.3 Å². The molecule has 1 aliphatic heterocycles. The molecule has 0 radical (unpaired) electrons. The van der Waals surface area contributed by atoms with Gasteiger partial charge >= 0.3 is 5.97 Å². The Bertz CT molecular complexity index is 1610. The van der Waals surface area contributed by atoms with Gasteiger partial charge in [0.05, 0.1) is 31.6 Å². The Morgan fingerprint density at radius 2 is 1.64 bits per heavy atom. The molecule has 0 atom stereocenters. The van der Waals surface area contributed by atoms with Gasteiger partial charge in [0.2, 0.25) is 5.95 Å². The average molecular weight is 614 g/mol. The van der Waals surface area contributed by atoms with Crippen LogP contribution in [-0.4, -0.2) is 67.3 Å². The summed E-state index contributed by atoms with van der Waals surface area (Å²) >= 11 is 6.00. The number of aromatic nitrogens is 2. The summed E-state index contributed by atoms with van der Waals surface area (Å²) < 4.78 is 16.7.